The highest BCUT2D eigenvalue weighted by atomic mass is 16.5. The molecule has 3 nitrogen and oxygen atoms in total. The molecule has 0 aliphatic carbocycles. The molecule has 0 spiro atoms. The fourth-order valence-corrected chi connectivity index (χ4v) is 1.43. The highest BCUT2D eigenvalue weighted by Gasteiger charge is 2.12. The van der Waals surface area contributed by atoms with Crippen LogP contribution in [-0.4, -0.2) is 17.8 Å². The lowest BCUT2D eigenvalue weighted by Gasteiger charge is -2.17. The number of aliphatic hydroxyl groups is 1. The van der Waals surface area contributed by atoms with E-state index in [2.05, 4.69) is 0 Å². The second-order valence-corrected chi connectivity index (χ2v) is 3.80. The van der Waals surface area contributed by atoms with Crippen molar-refractivity contribution >= 4 is 0 Å². The van der Waals surface area contributed by atoms with E-state index in [9.17, 15) is 5.11 Å². The Morgan fingerprint density at radius 3 is 2.60 bits per heavy atom. The molecule has 0 unspecified atom stereocenters. The van der Waals surface area contributed by atoms with Gasteiger partial charge in [0, 0.05) is 5.56 Å². The monoisotopic (exact) mass is 209 g/mol. The van der Waals surface area contributed by atoms with Crippen molar-refractivity contribution in [3.05, 3.63) is 29.8 Å². The van der Waals surface area contributed by atoms with Crippen molar-refractivity contribution in [2.24, 2.45) is 5.73 Å². The van der Waals surface area contributed by atoms with Crippen LogP contribution in [-0.2, 0) is 0 Å². The van der Waals surface area contributed by atoms with Crippen LogP contribution in [0.4, 0.5) is 0 Å². The molecule has 0 saturated heterocycles. The molecule has 0 bridgehead atoms. The maximum Gasteiger partial charge on any atom is 0.125 e. The summed E-state index contributed by atoms with van der Waals surface area (Å²) in [5, 5.41) is 9.85. The smallest absolute Gasteiger partial charge is 0.125 e. The van der Waals surface area contributed by atoms with E-state index in [-0.39, 0.29) is 6.10 Å². The van der Waals surface area contributed by atoms with E-state index < -0.39 is 6.10 Å². The van der Waals surface area contributed by atoms with Crippen molar-refractivity contribution < 1.29 is 9.84 Å². The Balaban J connectivity index is 2.85. The maximum absolute atomic E-state index is 9.85. The summed E-state index contributed by atoms with van der Waals surface area (Å²) in [6.45, 7) is 4.40. The van der Waals surface area contributed by atoms with Crippen LogP contribution in [0.5, 0.6) is 5.75 Å². The lowest BCUT2D eigenvalue weighted by molar-refractivity contribution is 0.159. The third kappa shape index (κ3) is 3.53. The Morgan fingerprint density at radius 2 is 2.00 bits per heavy atom. The molecule has 0 radical (unpaired) electrons. The molecule has 84 valence electrons. The van der Waals surface area contributed by atoms with Crippen molar-refractivity contribution in [3.8, 4) is 5.75 Å². The van der Waals surface area contributed by atoms with Crippen LogP contribution in [0.1, 0.15) is 31.9 Å². The SMILES string of the molecule is CC(C)Oc1ccccc1[C@@H](O)CCN. The first kappa shape index (κ1) is 12.0. The number of nitrogens with two attached hydrogens (primary N) is 1. The summed E-state index contributed by atoms with van der Waals surface area (Å²) < 4.78 is 5.61. The van der Waals surface area contributed by atoms with Crippen molar-refractivity contribution in [1.82, 2.24) is 0 Å². The number of hydrogen-bond acceptors (Lipinski definition) is 3. The lowest BCUT2D eigenvalue weighted by Crippen LogP contribution is -2.11. The second-order valence-electron chi connectivity index (χ2n) is 3.80. The van der Waals surface area contributed by atoms with E-state index in [1.165, 1.54) is 0 Å². The zero-order valence-corrected chi connectivity index (χ0v) is 9.31. The summed E-state index contributed by atoms with van der Waals surface area (Å²) in [5.41, 5.74) is 6.23. The molecular formula is C12H19NO2. The molecule has 1 rings (SSSR count). The van der Waals surface area contributed by atoms with Gasteiger partial charge in [-0.05, 0) is 32.9 Å². The average molecular weight is 209 g/mol. The number of aliphatic hydroxyl groups excluding tert-OH is 1. The minimum atomic E-state index is -0.537. The number of benzene rings is 1. The molecule has 0 aliphatic heterocycles. The van der Waals surface area contributed by atoms with Crippen molar-refractivity contribution in [3.63, 3.8) is 0 Å². The van der Waals surface area contributed by atoms with Crippen LogP contribution in [0.25, 0.3) is 0 Å². The summed E-state index contributed by atoms with van der Waals surface area (Å²) in [5.74, 6) is 0.744. The van der Waals surface area contributed by atoms with Gasteiger partial charge in [0.2, 0.25) is 0 Å². The van der Waals surface area contributed by atoms with Crippen LogP contribution >= 0.6 is 0 Å². The summed E-state index contributed by atoms with van der Waals surface area (Å²) in [4.78, 5) is 0. The largest absolute Gasteiger partial charge is 0.491 e. The summed E-state index contributed by atoms with van der Waals surface area (Å²) in [6, 6.07) is 7.53. The molecule has 1 aromatic carbocycles. The van der Waals surface area contributed by atoms with Crippen LogP contribution in [0.2, 0.25) is 0 Å². The lowest BCUT2D eigenvalue weighted by atomic mass is 10.1. The van der Waals surface area contributed by atoms with Crippen LogP contribution in [0.15, 0.2) is 24.3 Å². The van der Waals surface area contributed by atoms with Crippen molar-refractivity contribution in [2.75, 3.05) is 6.54 Å². The predicted octanol–water partition coefficient (Wildman–Crippen LogP) is 1.86. The summed E-state index contributed by atoms with van der Waals surface area (Å²) in [7, 11) is 0. The Bertz CT molecular complexity index is 299. The van der Waals surface area contributed by atoms with Gasteiger partial charge in [-0.15, -0.1) is 0 Å². The highest BCUT2D eigenvalue weighted by molar-refractivity contribution is 5.35. The first-order valence-corrected chi connectivity index (χ1v) is 5.29. The van der Waals surface area contributed by atoms with Crippen LogP contribution in [0, 0.1) is 0 Å². The highest BCUT2D eigenvalue weighted by Crippen LogP contribution is 2.27. The fourth-order valence-electron chi connectivity index (χ4n) is 1.43. The number of ether oxygens (including phenoxy) is 1. The molecule has 0 aromatic heterocycles. The summed E-state index contributed by atoms with van der Waals surface area (Å²) >= 11 is 0. The van der Waals surface area contributed by atoms with Gasteiger partial charge in [-0.1, -0.05) is 18.2 Å². The minimum absolute atomic E-state index is 0.108. The van der Waals surface area contributed by atoms with E-state index >= 15 is 0 Å². The van der Waals surface area contributed by atoms with Gasteiger partial charge < -0.3 is 15.6 Å². The van der Waals surface area contributed by atoms with Gasteiger partial charge >= 0.3 is 0 Å². The van der Waals surface area contributed by atoms with E-state index in [1.54, 1.807) is 0 Å². The fraction of sp³-hybridized carbons (Fsp3) is 0.500. The standard InChI is InChI=1S/C12H19NO2/c1-9(2)15-12-6-4-3-5-10(12)11(14)7-8-13/h3-6,9,11,14H,7-8,13H2,1-2H3/t11-/m0/s1. The molecule has 0 saturated carbocycles. The van der Waals surface area contributed by atoms with Gasteiger partial charge in [0.1, 0.15) is 5.75 Å². The molecule has 15 heavy (non-hydrogen) atoms. The normalized spacial score (nSPS) is 12.9. The molecule has 0 amide bonds. The topological polar surface area (TPSA) is 55.5 Å². The first-order valence-electron chi connectivity index (χ1n) is 5.29. The molecule has 1 atom stereocenters. The van der Waals surface area contributed by atoms with Crippen LogP contribution < -0.4 is 10.5 Å². The zero-order chi connectivity index (χ0) is 11.3. The summed E-state index contributed by atoms with van der Waals surface area (Å²) in [6.07, 6.45) is 0.125. The first-order chi connectivity index (χ1) is 7.15. The van der Waals surface area contributed by atoms with E-state index in [1.807, 2.05) is 38.1 Å². The number of hydrogen-bond donors (Lipinski definition) is 2. The third-order valence-corrected chi connectivity index (χ3v) is 2.08. The van der Waals surface area contributed by atoms with Gasteiger partial charge in [0.25, 0.3) is 0 Å². The van der Waals surface area contributed by atoms with Gasteiger partial charge in [0.15, 0.2) is 0 Å². The van der Waals surface area contributed by atoms with Gasteiger partial charge in [-0.3, -0.25) is 0 Å². The van der Waals surface area contributed by atoms with Crippen molar-refractivity contribution in [1.29, 1.82) is 0 Å². The zero-order valence-electron chi connectivity index (χ0n) is 9.31. The number of para-hydroxylation sites is 1. The quantitative estimate of drug-likeness (QED) is 0.778. The Hall–Kier alpha value is -1.06. The van der Waals surface area contributed by atoms with Gasteiger partial charge in [-0.25, -0.2) is 0 Å². The Morgan fingerprint density at radius 1 is 1.33 bits per heavy atom. The van der Waals surface area contributed by atoms with E-state index in [0.717, 1.165) is 11.3 Å². The molecule has 0 heterocycles. The Labute approximate surface area is 90.9 Å². The Kier molecular flexibility index (Phi) is 4.59. The minimum Gasteiger partial charge on any atom is -0.491 e. The predicted molar refractivity (Wildman–Crippen MR) is 60.8 cm³/mol. The van der Waals surface area contributed by atoms with E-state index in [0.29, 0.717) is 13.0 Å². The molecule has 3 heteroatoms. The van der Waals surface area contributed by atoms with E-state index in [4.69, 9.17) is 10.5 Å². The molecule has 3 N–H and O–H groups in total. The molecule has 0 aliphatic rings. The molecular weight excluding hydrogens is 190 g/mol. The maximum atomic E-state index is 9.85. The molecule has 0 fully saturated rings. The van der Waals surface area contributed by atoms with Gasteiger partial charge in [0.05, 0.1) is 12.2 Å². The van der Waals surface area contributed by atoms with Crippen LogP contribution in [0.3, 0.4) is 0 Å². The van der Waals surface area contributed by atoms with Gasteiger partial charge in [-0.2, -0.15) is 0 Å². The third-order valence-electron chi connectivity index (χ3n) is 2.08. The van der Waals surface area contributed by atoms with Crippen molar-refractivity contribution in [2.45, 2.75) is 32.5 Å². The molecule has 1 aromatic rings. The second kappa shape index (κ2) is 5.73. The number of rotatable bonds is 5. The average Bonchev–Trinajstić information content (AvgIpc) is 2.18.